The first-order valence-corrected chi connectivity index (χ1v) is 9.19. The molecule has 0 aromatic heterocycles. The Morgan fingerprint density at radius 1 is 0.958 bits per heavy atom. The van der Waals surface area contributed by atoms with Gasteiger partial charge in [0.25, 0.3) is 0 Å². The summed E-state index contributed by atoms with van der Waals surface area (Å²) in [5, 5.41) is 0. The molecular formula is C20H28O4. The van der Waals surface area contributed by atoms with E-state index in [0.29, 0.717) is 17.7 Å². The standard InChI is InChI=1S/C20H28O4/c1-2-3-4-5-6-9-15-23-19(21)17-13-7-8-14-18(17)20(22)24-16-11-10-12-16/h7-8,13-14,16H,2-6,9-12,15H2,1H3. The molecule has 0 amide bonds. The van der Waals surface area contributed by atoms with E-state index < -0.39 is 11.9 Å². The van der Waals surface area contributed by atoms with Crippen LogP contribution in [0.5, 0.6) is 0 Å². The minimum Gasteiger partial charge on any atom is -0.462 e. The van der Waals surface area contributed by atoms with Gasteiger partial charge in [0.05, 0.1) is 17.7 Å². The van der Waals surface area contributed by atoms with Gasteiger partial charge < -0.3 is 9.47 Å². The number of rotatable bonds is 10. The lowest BCUT2D eigenvalue weighted by atomic mass is 9.96. The Morgan fingerprint density at radius 3 is 2.21 bits per heavy atom. The Morgan fingerprint density at radius 2 is 1.58 bits per heavy atom. The van der Waals surface area contributed by atoms with Gasteiger partial charge in [0.2, 0.25) is 0 Å². The molecule has 0 heterocycles. The average molecular weight is 332 g/mol. The molecule has 2 rings (SSSR count). The van der Waals surface area contributed by atoms with Crippen LogP contribution in [-0.2, 0) is 9.47 Å². The van der Waals surface area contributed by atoms with Crippen molar-refractivity contribution < 1.29 is 19.1 Å². The van der Waals surface area contributed by atoms with Crippen LogP contribution in [-0.4, -0.2) is 24.6 Å². The molecule has 0 spiro atoms. The van der Waals surface area contributed by atoms with Crippen LogP contribution in [0.15, 0.2) is 24.3 Å². The Labute approximate surface area is 144 Å². The number of ether oxygens (including phenoxy) is 2. The molecule has 1 saturated carbocycles. The molecule has 1 fully saturated rings. The van der Waals surface area contributed by atoms with Crippen LogP contribution < -0.4 is 0 Å². The summed E-state index contributed by atoms with van der Waals surface area (Å²) in [7, 11) is 0. The van der Waals surface area contributed by atoms with E-state index in [1.165, 1.54) is 25.7 Å². The first kappa shape index (κ1) is 18.5. The van der Waals surface area contributed by atoms with E-state index in [9.17, 15) is 9.59 Å². The lowest BCUT2D eigenvalue weighted by molar-refractivity contribution is 0.00849. The third kappa shape index (κ3) is 5.66. The van der Waals surface area contributed by atoms with Gasteiger partial charge in [-0.05, 0) is 37.8 Å². The van der Waals surface area contributed by atoms with E-state index in [1.807, 2.05) is 0 Å². The maximum absolute atomic E-state index is 12.2. The van der Waals surface area contributed by atoms with Gasteiger partial charge in [-0.3, -0.25) is 0 Å². The Balaban J connectivity index is 1.79. The second-order valence-corrected chi connectivity index (χ2v) is 6.41. The van der Waals surface area contributed by atoms with Crippen LogP contribution >= 0.6 is 0 Å². The number of hydrogen-bond donors (Lipinski definition) is 0. The van der Waals surface area contributed by atoms with Crippen LogP contribution in [0.3, 0.4) is 0 Å². The molecule has 0 N–H and O–H groups in total. The van der Waals surface area contributed by atoms with Crippen molar-refractivity contribution in [2.75, 3.05) is 6.61 Å². The van der Waals surface area contributed by atoms with E-state index in [0.717, 1.165) is 32.1 Å². The summed E-state index contributed by atoms with van der Waals surface area (Å²) in [6, 6.07) is 6.73. The second-order valence-electron chi connectivity index (χ2n) is 6.41. The van der Waals surface area contributed by atoms with E-state index in [-0.39, 0.29) is 6.10 Å². The van der Waals surface area contributed by atoms with Crippen LogP contribution in [0.25, 0.3) is 0 Å². The smallest absolute Gasteiger partial charge is 0.339 e. The van der Waals surface area contributed by atoms with E-state index in [2.05, 4.69) is 6.92 Å². The van der Waals surface area contributed by atoms with E-state index in [1.54, 1.807) is 24.3 Å². The third-order valence-electron chi connectivity index (χ3n) is 4.42. The highest BCUT2D eigenvalue weighted by Gasteiger charge is 2.25. The molecule has 1 aliphatic carbocycles. The topological polar surface area (TPSA) is 52.6 Å². The number of hydrogen-bond acceptors (Lipinski definition) is 4. The first-order valence-electron chi connectivity index (χ1n) is 9.19. The van der Waals surface area contributed by atoms with Gasteiger partial charge >= 0.3 is 11.9 Å². The molecule has 24 heavy (non-hydrogen) atoms. The van der Waals surface area contributed by atoms with Gasteiger partial charge in [0, 0.05) is 0 Å². The zero-order chi connectivity index (χ0) is 17.2. The summed E-state index contributed by atoms with van der Waals surface area (Å²) in [4.78, 5) is 24.5. The fraction of sp³-hybridized carbons (Fsp3) is 0.600. The molecular weight excluding hydrogens is 304 g/mol. The van der Waals surface area contributed by atoms with Crippen LogP contribution in [0, 0.1) is 0 Å². The minimum atomic E-state index is -0.440. The Kier molecular flexibility index (Phi) is 7.80. The molecule has 0 radical (unpaired) electrons. The van der Waals surface area contributed by atoms with Gasteiger partial charge in [-0.25, -0.2) is 9.59 Å². The van der Waals surface area contributed by atoms with Crippen LogP contribution in [0.4, 0.5) is 0 Å². The summed E-state index contributed by atoms with van der Waals surface area (Å²) < 4.78 is 10.7. The average Bonchev–Trinajstić information content (AvgIpc) is 2.57. The SMILES string of the molecule is CCCCCCCCOC(=O)c1ccccc1C(=O)OC1CCC1. The second kappa shape index (κ2) is 10.1. The van der Waals surface area contributed by atoms with E-state index in [4.69, 9.17) is 9.47 Å². The largest absolute Gasteiger partial charge is 0.462 e. The van der Waals surface area contributed by atoms with Crippen molar-refractivity contribution in [2.24, 2.45) is 0 Å². The molecule has 0 unspecified atom stereocenters. The van der Waals surface area contributed by atoms with Gasteiger partial charge in [0.1, 0.15) is 6.10 Å². The van der Waals surface area contributed by atoms with Crippen molar-refractivity contribution in [1.82, 2.24) is 0 Å². The summed E-state index contributed by atoms with van der Waals surface area (Å²) in [5.41, 5.74) is 0.602. The molecule has 1 aliphatic rings. The van der Waals surface area contributed by atoms with Crippen molar-refractivity contribution >= 4 is 11.9 Å². The molecule has 4 heteroatoms. The van der Waals surface area contributed by atoms with Crippen molar-refractivity contribution in [2.45, 2.75) is 70.8 Å². The van der Waals surface area contributed by atoms with Crippen molar-refractivity contribution in [3.63, 3.8) is 0 Å². The fourth-order valence-electron chi connectivity index (χ4n) is 2.67. The molecule has 1 aromatic rings. The first-order chi connectivity index (χ1) is 11.7. The van der Waals surface area contributed by atoms with Crippen LogP contribution in [0.1, 0.15) is 85.4 Å². The molecule has 1 aromatic carbocycles. The molecule has 0 bridgehead atoms. The normalized spacial score (nSPS) is 14.0. The monoisotopic (exact) mass is 332 g/mol. The molecule has 4 nitrogen and oxygen atoms in total. The number of carbonyl (C=O) groups excluding carboxylic acids is 2. The summed E-state index contributed by atoms with van der Waals surface area (Å²) in [5.74, 6) is -0.864. The van der Waals surface area contributed by atoms with E-state index >= 15 is 0 Å². The maximum Gasteiger partial charge on any atom is 0.339 e. The highest BCUT2D eigenvalue weighted by Crippen LogP contribution is 2.24. The summed E-state index contributed by atoms with van der Waals surface area (Å²) in [6.07, 6.45) is 9.76. The maximum atomic E-state index is 12.2. The van der Waals surface area contributed by atoms with Crippen molar-refractivity contribution in [1.29, 1.82) is 0 Å². The fourth-order valence-corrected chi connectivity index (χ4v) is 2.67. The van der Waals surface area contributed by atoms with Crippen molar-refractivity contribution in [3.05, 3.63) is 35.4 Å². The number of carbonyl (C=O) groups is 2. The molecule has 0 atom stereocenters. The zero-order valence-corrected chi connectivity index (χ0v) is 14.6. The van der Waals surface area contributed by atoms with Gasteiger partial charge in [-0.2, -0.15) is 0 Å². The van der Waals surface area contributed by atoms with Gasteiger partial charge in [-0.15, -0.1) is 0 Å². The lowest BCUT2D eigenvalue weighted by Gasteiger charge is -2.25. The van der Waals surface area contributed by atoms with Crippen molar-refractivity contribution in [3.8, 4) is 0 Å². The number of unbranched alkanes of at least 4 members (excludes halogenated alkanes) is 5. The summed E-state index contributed by atoms with van der Waals surface area (Å²) in [6.45, 7) is 2.59. The van der Waals surface area contributed by atoms with Crippen LogP contribution in [0.2, 0.25) is 0 Å². The Hall–Kier alpha value is -1.84. The Bertz CT molecular complexity index is 534. The molecule has 0 aliphatic heterocycles. The number of esters is 2. The highest BCUT2D eigenvalue weighted by atomic mass is 16.5. The third-order valence-corrected chi connectivity index (χ3v) is 4.42. The minimum absolute atomic E-state index is 0.00435. The molecule has 0 saturated heterocycles. The number of benzene rings is 1. The molecule has 132 valence electrons. The highest BCUT2D eigenvalue weighted by molar-refractivity contribution is 6.03. The van der Waals surface area contributed by atoms with Gasteiger partial charge in [-0.1, -0.05) is 51.2 Å². The predicted molar refractivity (Wildman–Crippen MR) is 93.2 cm³/mol. The predicted octanol–water partition coefficient (Wildman–Crippen LogP) is 4.91. The lowest BCUT2D eigenvalue weighted by Crippen LogP contribution is -2.26. The zero-order valence-electron chi connectivity index (χ0n) is 14.6. The summed E-state index contributed by atoms with van der Waals surface area (Å²) >= 11 is 0. The quantitative estimate of drug-likeness (QED) is 0.451. The van der Waals surface area contributed by atoms with Gasteiger partial charge in [0.15, 0.2) is 0 Å².